The number of alkyl halides is 2. The Kier molecular flexibility index (Phi) is 5.08. The van der Waals surface area contributed by atoms with Crippen molar-refractivity contribution in [2.75, 3.05) is 7.11 Å². The molecule has 0 atom stereocenters. The number of ether oxygens (including phenoxy) is 3. The number of para-hydroxylation sites is 1. The standard InChI is InChI=1S/C17H13F2NO4S/c1-22-13-8-10(6-7-12(13)24-17(18)19)16(21)23-9-15-20-11-4-2-3-5-14(11)25-15/h2-8,17H,9H2,1H3. The maximum Gasteiger partial charge on any atom is 0.387 e. The molecule has 0 amide bonds. The molecular weight excluding hydrogens is 352 g/mol. The maximum atomic E-state index is 12.3. The zero-order chi connectivity index (χ0) is 17.8. The summed E-state index contributed by atoms with van der Waals surface area (Å²) in [4.78, 5) is 16.5. The summed E-state index contributed by atoms with van der Waals surface area (Å²) in [7, 11) is 1.30. The van der Waals surface area contributed by atoms with Crippen LogP contribution >= 0.6 is 11.3 Å². The molecule has 8 heteroatoms. The molecule has 0 unspecified atom stereocenters. The third-order valence-electron chi connectivity index (χ3n) is 3.28. The van der Waals surface area contributed by atoms with Crippen molar-refractivity contribution in [1.82, 2.24) is 4.98 Å². The number of halogens is 2. The van der Waals surface area contributed by atoms with E-state index >= 15 is 0 Å². The van der Waals surface area contributed by atoms with Crippen LogP contribution in [0.2, 0.25) is 0 Å². The summed E-state index contributed by atoms with van der Waals surface area (Å²) in [5.74, 6) is -0.740. The Balaban J connectivity index is 1.70. The minimum absolute atomic E-state index is 0.0229. The van der Waals surface area contributed by atoms with E-state index in [9.17, 15) is 13.6 Å². The van der Waals surface area contributed by atoms with Crippen molar-refractivity contribution in [1.29, 1.82) is 0 Å². The van der Waals surface area contributed by atoms with E-state index in [2.05, 4.69) is 9.72 Å². The van der Waals surface area contributed by atoms with Crippen LogP contribution in [0, 0.1) is 0 Å². The van der Waals surface area contributed by atoms with Crippen LogP contribution in [0.3, 0.4) is 0 Å². The maximum absolute atomic E-state index is 12.3. The first-order valence-electron chi connectivity index (χ1n) is 7.21. The van der Waals surface area contributed by atoms with Crippen molar-refractivity contribution in [2.24, 2.45) is 0 Å². The molecule has 0 fully saturated rings. The van der Waals surface area contributed by atoms with E-state index in [1.807, 2.05) is 24.3 Å². The quantitative estimate of drug-likeness (QED) is 0.611. The molecule has 130 valence electrons. The molecule has 1 heterocycles. The van der Waals surface area contributed by atoms with Gasteiger partial charge in [-0.15, -0.1) is 11.3 Å². The minimum atomic E-state index is -2.98. The number of fused-ring (bicyclic) bond motifs is 1. The third-order valence-corrected chi connectivity index (χ3v) is 4.29. The van der Waals surface area contributed by atoms with Gasteiger partial charge in [0, 0.05) is 0 Å². The molecule has 3 rings (SSSR count). The SMILES string of the molecule is COc1cc(C(=O)OCc2nc3ccccc3s2)ccc1OC(F)F. The number of rotatable bonds is 6. The monoisotopic (exact) mass is 365 g/mol. The van der Waals surface area contributed by atoms with E-state index in [1.165, 1.54) is 36.6 Å². The number of carbonyl (C=O) groups excluding carboxylic acids is 1. The molecule has 0 N–H and O–H groups in total. The van der Waals surface area contributed by atoms with E-state index in [0.717, 1.165) is 10.2 Å². The summed E-state index contributed by atoms with van der Waals surface area (Å²) in [6.07, 6.45) is 0. The van der Waals surface area contributed by atoms with Crippen molar-refractivity contribution in [3.05, 3.63) is 53.0 Å². The molecule has 0 aliphatic heterocycles. The number of nitrogens with zero attached hydrogens (tertiary/aromatic N) is 1. The van der Waals surface area contributed by atoms with Crippen molar-refractivity contribution < 1.29 is 27.8 Å². The van der Waals surface area contributed by atoms with Crippen LogP contribution in [0.1, 0.15) is 15.4 Å². The highest BCUT2D eigenvalue weighted by molar-refractivity contribution is 7.18. The first-order chi connectivity index (χ1) is 12.1. The molecule has 0 radical (unpaired) electrons. The second-order valence-electron chi connectivity index (χ2n) is 4.90. The zero-order valence-electron chi connectivity index (χ0n) is 13.1. The van der Waals surface area contributed by atoms with E-state index in [-0.39, 0.29) is 23.7 Å². The molecule has 1 aromatic heterocycles. The summed E-state index contributed by atoms with van der Waals surface area (Å²) in [5.41, 5.74) is 1.01. The summed E-state index contributed by atoms with van der Waals surface area (Å²) >= 11 is 1.44. The molecule has 0 spiro atoms. The third kappa shape index (κ3) is 4.03. The van der Waals surface area contributed by atoms with Gasteiger partial charge in [-0.3, -0.25) is 0 Å². The number of esters is 1. The van der Waals surface area contributed by atoms with Gasteiger partial charge in [-0.2, -0.15) is 8.78 Å². The van der Waals surface area contributed by atoms with Gasteiger partial charge in [-0.25, -0.2) is 9.78 Å². The van der Waals surface area contributed by atoms with Gasteiger partial charge >= 0.3 is 12.6 Å². The van der Waals surface area contributed by atoms with Crippen molar-refractivity contribution in [2.45, 2.75) is 13.2 Å². The number of benzene rings is 2. The molecule has 0 saturated heterocycles. The Bertz CT molecular complexity index is 864. The Morgan fingerprint density at radius 1 is 1.20 bits per heavy atom. The van der Waals surface area contributed by atoms with Crippen molar-refractivity contribution in [3.63, 3.8) is 0 Å². The van der Waals surface area contributed by atoms with Gasteiger partial charge in [0.15, 0.2) is 11.5 Å². The normalized spacial score (nSPS) is 10.9. The molecule has 2 aromatic carbocycles. The number of aromatic nitrogens is 1. The highest BCUT2D eigenvalue weighted by Crippen LogP contribution is 2.30. The first kappa shape index (κ1) is 17.1. The number of thiazole rings is 1. The smallest absolute Gasteiger partial charge is 0.387 e. The van der Waals surface area contributed by atoms with E-state index < -0.39 is 12.6 Å². The second kappa shape index (κ2) is 7.43. The number of hydrogen-bond acceptors (Lipinski definition) is 6. The van der Waals surface area contributed by atoms with E-state index in [4.69, 9.17) is 9.47 Å². The molecule has 3 aromatic rings. The minimum Gasteiger partial charge on any atom is -0.493 e. The van der Waals surface area contributed by atoms with Crippen LogP contribution in [0.15, 0.2) is 42.5 Å². The molecule has 0 aliphatic carbocycles. The van der Waals surface area contributed by atoms with Crippen LogP contribution in [0.4, 0.5) is 8.78 Å². The van der Waals surface area contributed by atoms with Gasteiger partial charge in [0.25, 0.3) is 0 Å². The molecule has 0 bridgehead atoms. The van der Waals surface area contributed by atoms with E-state index in [1.54, 1.807) is 0 Å². The van der Waals surface area contributed by atoms with E-state index in [0.29, 0.717) is 5.01 Å². The molecule has 0 saturated carbocycles. The predicted molar refractivity (Wildman–Crippen MR) is 88.4 cm³/mol. The lowest BCUT2D eigenvalue weighted by atomic mass is 10.2. The molecule has 25 heavy (non-hydrogen) atoms. The van der Waals surface area contributed by atoms with Crippen molar-refractivity contribution in [3.8, 4) is 11.5 Å². The Hall–Kier alpha value is -2.74. The predicted octanol–water partition coefficient (Wildman–Crippen LogP) is 4.26. The number of methoxy groups -OCH3 is 1. The van der Waals surface area contributed by atoms with Gasteiger partial charge in [-0.05, 0) is 30.3 Å². The fourth-order valence-corrected chi connectivity index (χ4v) is 3.06. The van der Waals surface area contributed by atoms with Crippen LogP contribution < -0.4 is 9.47 Å². The highest BCUT2D eigenvalue weighted by atomic mass is 32.1. The summed E-state index contributed by atoms with van der Waals surface area (Å²) < 4.78 is 40.1. The zero-order valence-corrected chi connectivity index (χ0v) is 13.9. The Labute approximate surface area is 145 Å². The van der Waals surface area contributed by atoms with Crippen LogP contribution in [0.25, 0.3) is 10.2 Å². The van der Waals surface area contributed by atoms with Crippen LogP contribution in [0.5, 0.6) is 11.5 Å². The fraction of sp³-hybridized carbons (Fsp3) is 0.176. The van der Waals surface area contributed by atoms with Gasteiger partial charge in [0.1, 0.15) is 11.6 Å². The average molecular weight is 365 g/mol. The van der Waals surface area contributed by atoms with Gasteiger partial charge in [-0.1, -0.05) is 12.1 Å². The Morgan fingerprint density at radius 3 is 2.72 bits per heavy atom. The largest absolute Gasteiger partial charge is 0.493 e. The molecule has 0 aliphatic rings. The molecule has 5 nitrogen and oxygen atoms in total. The lowest BCUT2D eigenvalue weighted by molar-refractivity contribution is -0.0512. The van der Waals surface area contributed by atoms with Gasteiger partial charge in [0.05, 0.1) is 22.9 Å². The van der Waals surface area contributed by atoms with Gasteiger partial charge in [0.2, 0.25) is 0 Å². The average Bonchev–Trinajstić information content (AvgIpc) is 3.02. The lowest BCUT2D eigenvalue weighted by Crippen LogP contribution is -2.07. The topological polar surface area (TPSA) is 57.7 Å². The van der Waals surface area contributed by atoms with Gasteiger partial charge < -0.3 is 14.2 Å². The van der Waals surface area contributed by atoms with Crippen LogP contribution in [-0.4, -0.2) is 24.7 Å². The second-order valence-corrected chi connectivity index (χ2v) is 6.01. The Morgan fingerprint density at radius 2 is 2.00 bits per heavy atom. The molecular formula is C17H13F2NO4S. The number of carbonyl (C=O) groups is 1. The first-order valence-corrected chi connectivity index (χ1v) is 8.03. The summed E-state index contributed by atoms with van der Waals surface area (Å²) in [6, 6.07) is 11.5. The van der Waals surface area contributed by atoms with Crippen LogP contribution in [-0.2, 0) is 11.3 Å². The summed E-state index contributed by atoms with van der Waals surface area (Å²) in [6.45, 7) is -2.96. The summed E-state index contributed by atoms with van der Waals surface area (Å²) in [5, 5.41) is 0.666. The lowest BCUT2D eigenvalue weighted by Gasteiger charge is -2.11. The number of hydrogen-bond donors (Lipinski definition) is 0. The highest BCUT2D eigenvalue weighted by Gasteiger charge is 2.15. The van der Waals surface area contributed by atoms with Crippen molar-refractivity contribution >= 4 is 27.5 Å². The fourth-order valence-electron chi connectivity index (χ4n) is 2.18.